The third kappa shape index (κ3) is 3.05. The van der Waals surface area contributed by atoms with Gasteiger partial charge < -0.3 is 5.32 Å². The van der Waals surface area contributed by atoms with Crippen molar-refractivity contribution < 1.29 is 0 Å². The number of benzene rings is 1. The van der Waals surface area contributed by atoms with Crippen LogP contribution in [0.15, 0.2) is 39.9 Å². The summed E-state index contributed by atoms with van der Waals surface area (Å²) in [5.41, 5.74) is 2.50. The number of nitrogens with zero attached hydrogens (tertiary/aromatic N) is 2. The van der Waals surface area contributed by atoms with Crippen molar-refractivity contribution in [3.8, 4) is 0 Å². The standard InChI is InChI=1S/C15H19N3O2/c1-11-4-6-12(7-5-11)9-16-10-13-8-14(19)18(3)15(20)17(13)2/h4-8,16H,9-10H2,1-3H3. The molecule has 5 nitrogen and oxygen atoms in total. The molecule has 20 heavy (non-hydrogen) atoms. The van der Waals surface area contributed by atoms with Gasteiger partial charge in [0.2, 0.25) is 0 Å². The van der Waals surface area contributed by atoms with Gasteiger partial charge in [-0.15, -0.1) is 0 Å². The first-order chi connectivity index (χ1) is 9.49. The Morgan fingerprint density at radius 2 is 1.65 bits per heavy atom. The molecule has 0 unspecified atom stereocenters. The molecule has 0 aliphatic rings. The summed E-state index contributed by atoms with van der Waals surface area (Å²) in [6.07, 6.45) is 0. The van der Waals surface area contributed by atoms with Gasteiger partial charge in [-0.3, -0.25) is 13.9 Å². The summed E-state index contributed by atoms with van der Waals surface area (Å²) in [4.78, 5) is 23.4. The van der Waals surface area contributed by atoms with Crippen molar-refractivity contribution in [1.29, 1.82) is 0 Å². The molecular formula is C15H19N3O2. The summed E-state index contributed by atoms with van der Waals surface area (Å²) >= 11 is 0. The quantitative estimate of drug-likeness (QED) is 0.891. The molecule has 0 aliphatic heterocycles. The molecule has 1 N–H and O–H groups in total. The molecule has 0 radical (unpaired) electrons. The first-order valence-corrected chi connectivity index (χ1v) is 6.51. The summed E-state index contributed by atoms with van der Waals surface area (Å²) in [5, 5.41) is 3.24. The van der Waals surface area contributed by atoms with Crippen LogP contribution < -0.4 is 16.6 Å². The van der Waals surface area contributed by atoms with E-state index in [-0.39, 0.29) is 11.2 Å². The van der Waals surface area contributed by atoms with Crippen LogP contribution in [0.5, 0.6) is 0 Å². The van der Waals surface area contributed by atoms with Crippen LogP contribution in [-0.2, 0) is 27.2 Å². The molecule has 1 aromatic heterocycles. The summed E-state index contributed by atoms with van der Waals surface area (Å²) in [5.74, 6) is 0. The molecule has 5 heteroatoms. The van der Waals surface area contributed by atoms with Gasteiger partial charge in [0.1, 0.15) is 0 Å². The third-order valence-corrected chi connectivity index (χ3v) is 3.38. The molecule has 106 valence electrons. The van der Waals surface area contributed by atoms with Crippen molar-refractivity contribution in [2.24, 2.45) is 14.1 Å². The van der Waals surface area contributed by atoms with Gasteiger partial charge in [0, 0.05) is 38.9 Å². The maximum absolute atomic E-state index is 11.8. The Kier molecular flexibility index (Phi) is 4.20. The van der Waals surface area contributed by atoms with Gasteiger partial charge in [0.25, 0.3) is 5.56 Å². The van der Waals surface area contributed by atoms with E-state index in [4.69, 9.17) is 0 Å². The van der Waals surface area contributed by atoms with Crippen LogP contribution in [-0.4, -0.2) is 9.13 Å². The lowest BCUT2D eigenvalue weighted by atomic mass is 10.1. The van der Waals surface area contributed by atoms with Crippen LogP contribution >= 0.6 is 0 Å². The van der Waals surface area contributed by atoms with Crippen LogP contribution in [0, 0.1) is 6.92 Å². The van der Waals surface area contributed by atoms with E-state index in [1.54, 1.807) is 7.05 Å². The predicted molar refractivity (Wildman–Crippen MR) is 78.6 cm³/mol. The van der Waals surface area contributed by atoms with Gasteiger partial charge in [0.15, 0.2) is 0 Å². The maximum Gasteiger partial charge on any atom is 0.330 e. The fourth-order valence-electron chi connectivity index (χ4n) is 1.99. The van der Waals surface area contributed by atoms with E-state index < -0.39 is 0 Å². The van der Waals surface area contributed by atoms with E-state index in [1.165, 1.54) is 28.8 Å². The van der Waals surface area contributed by atoms with Crippen molar-refractivity contribution in [3.05, 3.63) is 68.0 Å². The number of aromatic nitrogens is 2. The zero-order chi connectivity index (χ0) is 14.7. The van der Waals surface area contributed by atoms with E-state index in [2.05, 4.69) is 29.6 Å². The van der Waals surface area contributed by atoms with Crippen LogP contribution in [0.2, 0.25) is 0 Å². The highest BCUT2D eigenvalue weighted by atomic mass is 16.2. The first-order valence-electron chi connectivity index (χ1n) is 6.51. The highest BCUT2D eigenvalue weighted by Gasteiger charge is 2.05. The lowest BCUT2D eigenvalue weighted by Gasteiger charge is -2.10. The normalized spacial score (nSPS) is 10.8. The highest BCUT2D eigenvalue weighted by molar-refractivity contribution is 5.21. The Labute approximate surface area is 117 Å². The molecule has 1 heterocycles. The zero-order valence-electron chi connectivity index (χ0n) is 12.0. The highest BCUT2D eigenvalue weighted by Crippen LogP contribution is 2.02. The van der Waals surface area contributed by atoms with Crippen LogP contribution in [0.1, 0.15) is 16.8 Å². The number of hydrogen-bond acceptors (Lipinski definition) is 3. The molecule has 2 aromatic rings. The topological polar surface area (TPSA) is 56.0 Å². The van der Waals surface area contributed by atoms with Gasteiger partial charge >= 0.3 is 5.69 Å². The van der Waals surface area contributed by atoms with Crippen molar-refractivity contribution in [2.45, 2.75) is 20.0 Å². The number of rotatable bonds is 4. The smallest absolute Gasteiger partial charge is 0.307 e. The monoisotopic (exact) mass is 273 g/mol. The molecule has 0 bridgehead atoms. The minimum atomic E-state index is -0.301. The molecule has 0 saturated carbocycles. The van der Waals surface area contributed by atoms with Gasteiger partial charge in [-0.2, -0.15) is 0 Å². The second-order valence-corrected chi connectivity index (χ2v) is 4.96. The number of nitrogens with one attached hydrogen (secondary N) is 1. The third-order valence-electron chi connectivity index (χ3n) is 3.38. The van der Waals surface area contributed by atoms with Crippen molar-refractivity contribution >= 4 is 0 Å². The summed E-state index contributed by atoms with van der Waals surface area (Å²) < 4.78 is 2.59. The zero-order valence-corrected chi connectivity index (χ0v) is 12.0. The summed E-state index contributed by atoms with van der Waals surface area (Å²) in [7, 11) is 3.15. The van der Waals surface area contributed by atoms with E-state index in [0.29, 0.717) is 18.8 Å². The minimum absolute atomic E-state index is 0.278. The Morgan fingerprint density at radius 1 is 1.00 bits per heavy atom. The molecular weight excluding hydrogens is 254 g/mol. The lowest BCUT2D eigenvalue weighted by molar-refractivity contribution is 0.600. The minimum Gasteiger partial charge on any atom is -0.307 e. The van der Waals surface area contributed by atoms with Crippen LogP contribution in [0.3, 0.4) is 0 Å². The first kappa shape index (κ1) is 14.3. The van der Waals surface area contributed by atoms with Crippen LogP contribution in [0.25, 0.3) is 0 Å². The molecule has 0 amide bonds. The Morgan fingerprint density at radius 3 is 2.30 bits per heavy atom. The Balaban J connectivity index is 2.07. The Hall–Kier alpha value is -2.14. The average molecular weight is 273 g/mol. The van der Waals surface area contributed by atoms with Gasteiger partial charge in [-0.1, -0.05) is 29.8 Å². The maximum atomic E-state index is 11.8. The van der Waals surface area contributed by atoms with E-state index in [9.17, 15) is 9.59 Å². The van der Waals surface area contributed by atoms with Crippen molar-refractivity contribution in [1.82, 2.24) is 14.5 Å². The summed E-state index contributed by atoms with van der Waals surface area (Å²) in [6, 6.07) is 9.73. The molecule has 0 saturated heterocycles. The molecule has 0 fully saturated rings. The van der Waals surface area contributed by atoms with Crippen molar-refractivity contribution in [3.63, 3.8) is 0 Å². The number of aryl methyl sites for hydroxylation is 1. The van der Waals surface area contributed by atoms with Gasteiger partial charge in [-0.25, -0.2) is 4.79 Å². The molecule has 0 aliphatic carbocycles. The van der Waals surface area contributed by atoms with Crippen molar-refractivity contribution in [2.75, 3.05) is 0 Å². The Bertz CT molecular complexity index is 711. The SMILES string of the molecule is Cc1ccc(CNCc2cc(=O)n(C)c(=O)n2C)cc1. The van der Waals surface area contributed by atoms with E-state index >= 15 is 0 Å². The van der Waals surface area contributed by atoms with E-state index in [1.807, 2.05) is 6.92 Å². The largest absolute Gasteiger partial charge is 0.330 e. The molecule has 0 spiro atoms. The fourth-order valence-corrected chi connectivity index (χ4v) is 1.99. The lowest BCUT2D eigenvalue weighted by Crippen LogP contribution is -2.38. The fraction of sp³-hybridized carbons (Fsp3) is 0.333. The molecule has 0 atom stereocenters. The molecule has 1 aromatic carbocycles. The van der Waals surface area contributed by atoms with Gasteiger partial charge in [0.05, 0.1) is 0 Å². The average Bonchev–Trinajstić information content (AvgIpc) is 2.44. The summed E-state index contributed by atoms with van der Waals surface area (Å²) in [6.45, 7) is 3.23. The molecule has 2 rings (SSSR count). The second-order valence-electron chi connectivity index (χ2n) is 4.96. The van der Waals surface area contributed by atoms with E-state index in [0.717, 1.165) is 4.57 Å². The number of hydrogen-bond donors (Lipinski definition) is 1. The predicted octanol–water partition coefficient (Wildman–Crippen LogP) is 0.682. The second kappa shape index (κ2) is 5.88. The van der Waals surface area contributed by atoms with Gasteiger partial charge in [-0.05, 0) is 12.5 Å². The van der Waals surface area contributed by atoms with Crippen LogP contribution in [0.4, 0.5) is 0 Å².